The molecule has 2 aromatic rings. The Bertz CT molecular complexity index is 747. The molecule has 0 amide bonds. The highest BCUT2D eigenvalue weighted by Gasteiger charge is 2.19. The molecule has 2 aromatic carbocycles. The van der Waals surface area contributed by atoms with Gasteiger partial charge in [-0.15, -0.1) is 0 Å². The van der Waals surface area contributed by atoms with Gasteiger partial charge in [0.05, 0.1) is 10.6 Å². The minimum absolute atomic E-state index is 0.252. The number of benzene rings is 2. The topological polar surface area (TPSA) is 46.2 Å². The van der Waals surface area contributed by atoms with Crippen molar-refractivity contribution in [2.45, 2.75) is 44.9 Å². The lowest BCUT2D eigenvalue weighted by Crippen LogP contribution is -2.16. The minimum atomic E-state index is -3.57. The third-order valence-electron chi connectivity index (χ3n) is 3.75. The molecule has 0 saturated carbocycles. The number of sulfonamides is 1. The summed E-state index contributed by atoms with van der Waals surface area (Å²) in [5.74, 6) is 0.252. The van der Waals surface area contributed by atoms with Crippen LogP contribution in [0.3, 0.4) is 0 Å². The van der Waals surface area contributed by atoms with Gasteiger partial charge in [-0.05, 0) is 42.5 Å². The van der Waals surface area contributed by atoms with Gasteiger partial charge in [0, 0.05) is 0 Å². The lowest BCUT2D eigenvalue weighted by molar-refractivity contribution is 0.601. The van der Waals surface area contributed by atoms with Crippen molar-refractivity contribution in [3.8, 4) is 0 Å². The van der Waals surface area contributed by atoms with E-state index in [0.717, 1.165) is 28.8 Å². The fourth-order valence-electron chi connectivity index (χ4n) is 2.43. The van der Waals surface area contributed by atoms with E-state index in [1.54, 1.807) is 12.1 Å². The largest absolute Gasteiger partial charge is 0.279 e. The van der Waals surface area contributed by atoms with Gasteiger partial charge in [0.25, 0.3) is 10.0 Å². The van der Waals surface area contributed by atoms with Crippen LogP contribution in [0.15, 0.2) is 47.4 Å². The van der Waals surface area contributed by atoms with Crippen LogP contribution in [0.1, 0.15) is 43.4 Å². The predicted octanol–water partition coefficient (Wildman–Crippen LogP) is 4.48. The van der Waals surface area contributed by atoms with E-state index in [4.69, 9.17) is 0 Å². The number of nitrogens with one attached hydrogen (secondary N) is 1. The maximum Gasteiger partial charge on any atom is 0.261 e. The van der Waals surface area contributed by atoms with Crippen LogP contribution in [0.2, 0.25) is 0 Å². The normalized spacial score (nSPS) is 11.7. The van der Waals surface area contributed by atoms with E-state index < -0.39 is 10.0 Å². The number of hydrogen-bond donors (Lipinski definition) is 1. The zero-order valence-corrected chi connectivity index (χ0v) is 14.4. The smallest absolute Gasteiger partial charge is 0.261 e. The molecule has 0 fully saturated rings. The van der Waals surface area contributed by atoms with E-state index in [-0.39, 0.29) is 5.92 Å². The Hall–Kier alpha value is -1.81. The number of para-hydroxylation sites is 1. The summed E-state index contributed by atoms with van der Waals surface area (Å²) in [5, 5.41) is 0. The van der Waals surface area contributed by atoms with Crippen LogP contribution in [0, 0.1) is 6.92 Å². The molecule has 4 heteroatoms. The van der Waals surface area contributed by atoms with Crippen LogP contribution in [-0.2, 0) is 16.4 Å². The van der Waals surface area contributed by atoms with E-state index in [2.05, 4.69) is 18.6 Å². The van der Waals surface area contributed by atoms with E-state index in [0.29, 0.717) is 4.90 Å². The number of anilines is 1. The molecule has 2 rings (SSSR count). The first kappa shape index (κ1) is 16.6. The average Bonchev–Trinajstić information content (AvgIpc) is 2.47. The van der Waals surface area contributed by atoms with Crippen LogP contribution in [0.25, 0.3) is 0 Å². The molecule has 0 atom stereocenters. The molecule has 0 heterocycles. The lowest BCUT2D eigenvalue weighted by Gasteiger charge is -2.18. The van der Waals surface area contributed by atoms with Crippen molar-refractivity contribution in [1.29, 1.82) is 0 Å². The van der Waals surface area contributed by atoms with Crippen molar-refractivity contribution in [1.82, 2.24) is 0 Å². The second kappa shape index (κ2) is 6.53. The minimum Gasteiger partial charge on any atom is -0.279 e. The zero-order chi connectivity index (χ0) is 16.3. The summed E-state index contributed by atoms with van der Waals surface area (Å²) in [4.78, 5) is 0.290. The van der Waals surface area contributed by atoms with E-state index in [1.165, 1.54) is 0 Å². The van der Waals surface area contributed by atoms with Gasteiger partial charge in [-0.1, -0.05) is 56.7 Å². The molecule has 3 nitrogen and oxygen atoms in total. The summed E-state index contributed by atoms with van der Waals surface area (Å²) in [5.41, 5.74) is 3.80. The molecular weight excluding hydrogens is 294 g/mol. The van der Waals surface area contributed by atoms with E-state index >= 15 is 0 Å². The molecule has 22 heavy (non-hydrogen) atoms. The number of rotatable bonds is 5. The van der Waals surface area contributed by atoms with Crippen LogP contribution in [-0.4, -0.2) is 8.42 Å². The monoisotopic (exact) mass is 317 g/mol. The van der Waals surface area contributed by atoms with Gasteiger partial charge in [0.15, 0.2) is 0 Å². The first-order chi connectivity index (χ1) is 10.3. The molecule has 0 aliphatic rings. The summed E-state index contributed by atoms with van der Waals surface area (Å²) in [6.07, 6.45) is 0.784. The highest BCUT2D eigenvalue weighted by Crippen LogP contribution is 2.30. The number of hydrogen-bond acceptors (Lipinski definition) is 2. The molecule has 118 valence electrons. The zero-order valence-electron chi connectivity index (χ0n) is 13.6. The van der Waals surface area contributed by atoms with Crippen molar-refractivity contribution in [3.63, 3.8) is 0 Å². The Morgan fingerprint density at radius 1 is 1.05 bits per heavy atom. The van der Waals surface area contributed by atoms with Crippen LogP contribution in [0.5, 0.6) is 0 Å². The van der Waals surface area contributed by atoms with Crippen molar-refractivity contribution in [2.24, 2.45) is 0 Å². The van der Waals surface area contributed by atoms with Gasteiger partial charge in [-0.25, -0.2) is 8.42 Å². The Morgan fingerprint density at radius 3 is 2.23 bits per heavy atom. The Labute approximate surface area is 133 Å². The third kappa shape index (κ3) is 3.50. The predicted molar refractivity (Wildman–Crippen MR) is 91.9 cm³/mol. The third-order valence-corrected chi connectivity index (χ3v) is 5.12. The van der Waals surface area contributed by atoms with E-state index in [1.807, 2.05) is 44.2 Å². The van der Waals surface area contributed by atoms with Crippen molar-refractivity contribution in [3.05, 3.63) is 59.2 Å². The highest BCUT2D eigenvalue weighted by atomic mass is 32.2. The summed E-state index contributed by atoms with van der Waals surface area (Å²) < 4.78 is 28.1. The Kier molecular flexibility index (Phi) is 4.91. The SMILES string of the molecule is CCc1cccc(C(C)C)c1NS(=O)(=O)c1ccc(C)cc1. The lowest BCUT2D eigenvalue weighted by atomic mass is 9.97. The van der Waals surface area contributed by atoms with Crippen LogP contribution < -0.4 is 4.72 Å². The molecule has 0 radical (unpaired) electrons. The molecule has 0 saturated heterocycles. The first-order valence-electron chi connectivity index (χ1n) is 7.56. The summed E-state index contributed by atoms with van der Waals surface area (Å²) >= 11 is 0. The van der Waals surface area contributed by atoms with Gasteiger partial charge in [-0.3, -0.25) is 4.72 Å². The molecule has 0 bridgehead atoms. The summed E-state index contributed by atoms with van der Waals surface area (Å²) in [6, 6.07) is 12.8. The second-order valence-corrected chi connectivity index (χ2v) is 7.49. The molecule has 0 unspecified atom stereocenters. The number of aryl methyl sites for hydroxylation is 2. The van der Waals surface area contributed by atoms with Crippen molar-refractivity contribution < 1.29 is 8.42 Å². The van der Waals surface area contributed by atoms with Gasteiger partial charge >= 0.3 is 0 Å². The molecule has 0 aliphatic heterocycles. The second-order valence-electron chi connectivity index (χ2n) is 5.81. The summed E-state index contributed by atoms with van der Waals surface area (Å²) in [7, 11) is -3.57. The Balaban J connectivity index is 2.47. The standard InChI is InChI=1S/C18H23NO2S/c1-5-15-7-6-8-17(13(2)3)18(15)19-22(20,21)16-11-9-14(4)10-12-16/h6-13,19H,5H2,1-4H3. The van der Waals surface area contributed by atoms with Crippen LogP contribution >= 0.6 is 0 Å². The summed E-state index contributed by atoms with van der Waals surface area (Å²) in [6.45, 7) is 8.10. The van der Waals surface area contributed by atoms with Gasteiger partial charge < -0.3 is 0 Å². The highest BCUT2D eigenvalue weighted by molar-refractivity contribution is 7.92. The molecule has 0 spiro atoms. The van der Waals surface area contributed by atoms with Gasteiger partial charge in [0.2, 0.25) is 0 Å². The molecule has 0 aliphatic carbocycles. The molecule has 0 aromatic heterocycles. The van der Waals surface area contributed by atoms with Crippen molar-refractivity contribution in [2.75, 3.05) is 4.72 Å². The maximum atomic E-state index is 12.6. The Morgan fingerprint density at radius 2 is 1.68 bits per heavy atom. The molecular formula is C18H23NO2S. The fourth-order valence-corrected chi connectivity index (χ4v) is 3.56. The first-order valence-corrected chi connectivity index (χ1v) is 9.04. The van der Waals surface area contributed by atoms with E-state index in [9.17, 15) is 8.42 Å². The van der Waals surface area contributed by atoms with Gasteiger partial charge in [0.1, 0.15) is 0 Å². The van der Waals surface area contributed by atoms with Gasteiger partial charge in [-0.2, -0.15) is 0 Å². The maximum absolute atomic E-state index is 12.6. The molecule has 1 N–H and O–H groups in total. The fraction of sp³-hybridized carbons (Fsp3) is 0.333. The van der Waals surface area contributed by atoms with Crippen LogP contribution in [0.4, 0.5) is 5.69 Å². The quantitative estimate of drug-likeness (QED) is 0.883. The van der Waals surface area contributed by atoms with Crippen molar-refractivity contribution >= 4 is 15.7 Å². The average molecular weight is 317 g/mol.